The fraction of sp³-hybridized carbons (Fsp3) is 0.365. The van der Waals surface area contributed by atoms with E-state index in [2.05, 4.69) is 252 Å². The zero-order valence-corrected chi connectivity index (χ0v) is 85.9. The van der Waals surface area contributed by atoms with Crippen molar-refractivity contribution in [2.75, 3.05) is 106 Å². The second-order valence-corrected chi connectivity index (χ2v) is 36.2. The first kappa shape index (κ1) is 119. The highest BCUT2D eigenvalue weighted by molar-refractivity contribution is 5.95. The lowest BCUT2D eigenvalue weighted by Crippen LogP contribution is -2.47. The lowest BCUT2D eigenvalue weighted by molar-refractivity contribution is 0.00714. The molecule has 21 nitrogen and oxygen atoms in total. The molecule has 2 N–H and O–H groups in total. The van der Waals surface area contributed by atoms with Crippen molar-refractivity contribution in [3.63, 3.8) is 0 Å². The number of allylic oxidation sites excluding steroid dienone is 2. The number of aromatic amines is 1. The Morgan fingerprint density at radius 3 is 1.15 bits per heavy atom. The number of fused-ring (bicyclic) bond motifs is 3. The zero-order chi connectivity index (χ0) is 107. The monoisotopic (exact) mass is 2010 g/mol. The number of rotatable bonds is 18. The van der Waals surface area contributed by atoms with Crippen LogP contribution in [0.5, 0.6) is 11.5 Å². The van der Waals surface area contributed by atoms with Gasteiger partial charge in [-0.1, -0.05) is 56.7 Å². The highest BCUT2D eigenvalue weighted by atomic mass is 19.1. The number of carbonyl (C=O) groups excluding carboxylic acids is 5. The maximum atomic E-state index is 14.6. The van der Waals surface area contributed by atoms with Crippen LogP contribution in [0.3, 0.4) is 0 Å². The summed E-state index contributed by atoms with van der Waals surface area (Å²) < 4.78 is 76.7. The van der Waals surface area contributed by atoms with Crippen molar-refractivity contribution in [3.8, 4) is 11.5 Å². The molecule has 3 aromatic heterocycles. The molecule has 3 aliphatic carbocycles. The smallest absolute Gasteiger partial charge is 0.410 e. The van der Waals surface area contributed by atoms with Gasteiger partial charge < -0.3 is 63.2 Å². The van der Waals surface area contributed by atoms with E-state index in [0.717, 1.165) is 127 Å². The van der Waals surface area contributed by atoms with E-state index in [1.165, 1.54) is 37.4 Å². The number of amides is 5. The van der Waals surface area contributed by atoms with Gasteiger partial charge in [-0.05, 0) is 362 Å². The number of hydrogen-bond donors (Lipinski definition) is 2. The molecule has 6 heterocycles. The number of H-pyrrole nitrogens is 1. The lowest BCUT2D eigenvalue weighted by atomic mass is 9.61. The molecule has 6 aromatic rings. The molecule has 3 saturated heterocycles. The Bertz CT molecular complexity index is 7560. The average Bonchev–Trinajstić information content (AvgIpc) is 0.755. The minimum Gasteiger partial charge on any atom is -0.467 e. The van der Waals surface area contributed by atoms with Crippen molar-refractivity contribution in [2.24, 2.45) is 16.2 Å². The normalized spacial score (nSPS) is 13.7. The summed E-state index contributed by atoms with van der Waals surface area (Å²) in [5.74, 6) is -0.722. The van der Waals surface area contributed by atoms with Gasteiger partial charge in [0.25, 0.3) is 17.7 Å². The van der Waals surface area contributed by atoms with Crippen LogP contribution in [0.4, 0.5) is 22.8 Å². The van der Waals surface area contributed by atoms with Gasteiger partial charge in [-0.15, -0.1) is 0 Å². The number of carbonyl (C=O) groups is 5. The predicted octanol–water partition coefficient (Wildman–Crippen LogP) is 22.5. The van der Waals surface area contributed by atoms with Crippen molar-refractivity contribution in [3.05, 3.63) is 418 Å². The molecule has 6 aliphatic rings. The van der Waals surface area contributed by atoms with Gasteiger partial charge in [0.1, 0.15) is 57.2 Å². The minimum absolute atomic E-state index is 0. The minimum atomic E-state index is -0.558. The van der Waals surface area contributed by atoms with Crippen molar-refractivity contribution in [1.29, 1.82) is 0 Å². The fourth-order valence-corrected chi connectivity index (χ4v) is 17.2. The molecular weight excluding hydrogens is 1890 g/mol. The van der Waals surface area contributed by atoms with Crippen LogP contribution in [-0.2, 0) is 38.2 Å². The first-order valence-corrected chi connectivity index (χ1v) is 48.2. The largest absolute Gasteiger partial charge is 0.467 e. The first-order valence-electron chi connectivity index (χ1n) is 48.2. The summed E-state index contributed by atoms with van der Waals surface area (Å²) in [6, 6.07) is 19.4. The van der Waals surface area contributed by atoms with Gasteiger partial charge in [0.15, 0.2) is 19.0 Å². The van der Waals surface area contributed by atoms with Crippen LogP contribution in [0.25, 0.3) is 11.1 Å². The van der Waals surface area contributed by atoms with E-state index in [-0.39, 0.29) is 115 Å². The number of piperidine rings is 3. The number of nitrogens with one attached hydrogen (secondary N) is 2. The van der Waals surface area contributed by atoms with Gasteiger partial charge >= 0.3 is 12.2 Å². The molecule has 764 valence electrons. The lowest BCUT2D eigenvalue weighted by Gasteiger charge is -2.47. The Balaban J connectivity index is 0.000000270. The van der Waals surface area contributed by atoms with E-state index in [1.54, 1.807) is 74.5 Å². The molecular formula is C126H122F3N9O12. The van der Waals surface area contributed by atoms with Crippen LogP contribution in [0.2, 0.25) is 0 Å². The highest BCUT2D eigenvalue weighted by Crippen LogP contribution is 2.53. The van der Waals surface area contributed by atoms with E-state index in [1.807, 2.05) is 101 Å². The summed E-state index contributed by atoms with van der Waals surface area (Å²) in [4.78, 5) is 98.0. The van der Waals surface area contributed by atoms with Crippen molar-refractivity contribution in [1.82, 2.24) is 44.8 Å². The maximum Gasteiger partial charge on any atom is 0.410 e. The third kappa shape index (κ3) is 36.3. The number of pyridine rings is 3. The van der Waals surface area contributed by atoms with E-state index in [9.17, 15) is 41.9 Å². The second-order valence-electron chi connectivity index (χ2n) is 36.2. The molecule has 0 bridgehead atoms. The van der Waals surface area contributed by atoms with Gasteiger partial charge in [0, 0.05) is 242 Å². The Morgan fingerprint density at radius 1 is 0.420 bits per heavy atom. The van der Waals surface area contributed by atoms with Crippen molar-refractivity contribution < 1.29 is 65.6 Å². The van der Waals surface area contributed by atoms with Gasteiger partial charge in [-0.25, -0.2) is 22.8 Å². The van der Waals surface area contributed by atoms with Crippen LogP contribution in [0, 0.1) is 33.7 Å². The molecule has 24 heteroatoms. The molecule has 5 amide bonds. The Labute approximate surface area is 877 Å². The molecule has 0 saturated carbocycles. The third-order valence-corrected chi connectivity index (χ3v) is 24.2. The fourth-order valence-electron chi connectivity index (χ4n) is 17.2. The topological polar surface area (TPSA) is 228 Å². The summed E-state index contributed by atoms with van der Waals surface area (Å²) in [6.45, 7) is 36.9. The van der Waals surface area contributed by atoms with Gasteiger partial charge in [0.2, 0.25) is 0 Å². The molecule has 3 fully saturated rings. The number of likely N-dealkylation sites (tertiary alicyclic amines) is 2. The summed E-state index contributed by atoms with van der Waals surface area (Å²) in [5, 5.41) is 3.40. The summed E-state index contributed by atoms with van der Waals surface area (Å²) >= 11 is 0. The molecule has 1 atom stereocenters. The zero-order valence-electron chi connectivity index (χ0n) is 85.9. The number of methoxy groups -OCH3 is 2. The summed E-state index contributed by atoms with van der Waals surface area (Å²) in [6.07, 6.45) is 16.9. The average molecular weight is 2010 g/mol. The van der Waals surface area contributed by atoms with E-state index in [4.69, 9.17) is 28.4 Å². The number of ether oxygens (including phenoxy) is 6. The number of hydrogen-bond acceptors (Lipinski definition) is 15. The van der Waals surface area contributed by atoms with E-state index >= 15 is 0 Å². The molecule has 150 heavy (non-hydrogen) atoms. The number of halogens is 3. The van der Waals surface area contributed by atoms with Crippen LogP contribution in [-0.4, -0.2) is 187 Å². The summed E-state index contributed by atoms with van der Waals surface area (Å²) in [7, 11) is 3.07. The van der Waals surface area contributed by atoms with Gasteiger partial charge in [-0.2, -0.15) is 0 Å². The maximum absolute atomic E-state index is 14.6. The second kappa shape index (κ2) is 60.4. The number of aromatic nitrogens is 3. The predicted molar refractivity (Wildman–Crippen MR) is 568 cm³/mol. The molecule has 3 aromatic carbocycles. The Kier molecular flexibility index (Phi) is 48.1. The quantitative estimate of drug-likeness (QED) is 0.0602. The van der Waals surface area contributed by atoms with Crippen molar-refractivity contribution >= 4 is 41.1 Å². The van der Waals surface area contributed by atoms with Crippen LogP contribution < -0.4 is 20.2 Å². The molecule has 1 unspecified atom stereocenters. The molecule has 3 spiro atoms. The Morgan fingerprint density at radius 2 is 0.767 bits per heavy atom. The van der Waals surface area contributed by atoms with Crippen LogP contribution in [0.1, 0.15) is 230 Å². The third-order valence-electron chi connectivity index (χ3n) is 24.2. The molecule has 12 rings (SSSR count). The van der Waals surface area contributed by atoms with E-state index in [0.29, 0.717) is 93.8 Å². The summed E-state index contributed by atoms with van der Waals surface area (Å²) in [5.41, 5.74) is 97.7. The first-order chi connectivity index (χ1) is 71.3. The Hall–Kier alpha value is -17.6. The molecule has 0 radical (unpaired) electrons. The van der Waals surface area contributed by atoms with Crippen LogP contribution in [0.15, 0.2) is 328 Å². The standard InChI is InChI=1S/C38H4.C31H42FN3O5.C31H40FN3O5.C24H28FN3O2.2CH4/c1-3-5-7-9-11-13-15-17-19-21-23-25-27-29-31-33-35-37-38-36-34-32-30-28-26-24-22-20-18-16-14-12-10-8-6-4-2;2*1-7-34(8-2)28(36)26-16-27(39-20-38-6)25(19-33-26)24-18-31(17-21-9-10-22(32)15-23(21)24)11-13-35(14-12-31)29(37)40-30(3,4)5;1-3-28(4-2)23(30)21-12-22(29)20(15-27-21)19-14-24(7-9-26-10-8-24)13-16-5-6-17(25)11-18(16)19;;/h1-2H2;9-10,15-16,19,24H,7-8,11-14,17-18,20H2,1-6H3;9-10,15-16,18-19H,7-8,11-14,17,20H2,1-6H3;5-6,11-12,14-15,26H,3-4,7-10,13H2,1-2H3,(H,27,29);2*1H4. The van der Waals surface area contributed by atoms with Crippen LogP contribution >= 0.6 is 0 Å². The highest BCUT2D eigenvalue weighted by Gasteiger charge is 2.46. The molecule has 3 aliphatic heterocycles. The number of benzene rings is 3. The number of nitrogens with zero attached hydrogens (tertiary/aromatic N) is 7. The van der Waals surface area contributed by atoms with Crippen molar-refractivity contribution in [2.45, 2.75) is 179 Å². The van der Waals surface area contributed by atoms with Gasteiger partial charge in [0.05, 0.1) is 0 Å². The van der Waals surface area contributed by atoms with E-state index < -0.39 is 11.2 Å². The van der Waals surface area contributed by atoms with Gasteiger partial charge in [-0.3, -0.25) is 29.1 Å². The SMILES string of the molecule is C.C.C=C=C=C=C=C=C=C=C=C=C=C=C=C=C=C=C=C=C=C=C=C=C=C=C=C=C=C=C=C=C=C=C=C=C=C=C=C.CCN(CC)C(=O)c1cc(=O)c(C2=CC3(CCNCC3)Cc3ccc(F)cc32)c[nH]1.CCN(CC)C(=O)c1cc(OCOC)c(C2=CC3(CCN(C(=O)OC(C)(C)C)CC3)Cc3ccc(F)cc32)cn1.CCN(CC)C(=O)c1cc(OCOC)c(C2CC3(CCN(C(=O)OC(C)(C)C)CC3)Cc3ccc(F)cc32)cn1.